The minimum Gasteiger partial charge on any atom is -0.497 e. The molecule has 1 atom stereocenters. The van der Waals surface area contributed by atoms with Gasteiger partial charge in [0.1, 0.15) is 5.75 Å². The molecule has 8 heteroatoms. The molecule has 2 aromatic rings. The fourth-order valence-corrected chi connectivity index (χ4v) is 3.70. The maximum atomic E-state index is 12.9. The second-order valence-electron chi connectivity index (χ2n) is 7.38. The third kappa shape index (κ3) is 3.96. The second-order valence-corrected chi connectivity index (χ2v) is 7.38. The van der Waals surface area contributed by atoms with Crippen molar-refractivity contribution in [1.29, 1.82) is 0 Å². The van der Waals surface area contributed by atoms with Crippen LogP contribution >= 0.6 is 0 Å². The summed E-state index contributed by atoms with van der Waals surface area (Å²) in [4.78, 5) is 39.1. The number of hydrogen-bond acceptors (Lipinski definition) is 5. The van der Waals surface area contributed by atoms with Gasteiger partial charge < -0.3 is 19.7 Å². The molecule has 31 heavy (non-hydrogen) atoms. The highest BCUT2D eigenvalue weighted by molar-refractivity contribution is 6.10. The SMILES string of the molecule is COCc1cccc(C#C[C@]2(CN3Cc4ccc(OC)cc4C3=O)NC(=O)NC2=O)c1. The Hall–Kier alpha value is -3.83. The molecule has 0 bridgehead atoms. The summed E-state index contributed by atoms with van der Waals surface area (Å²) in [7, 11) is 3.13. The highest BCUT2D eigenvalue weighted by Gasteiger charge is 2.48. The monoisotopic (exact) mass is 419 g/mol. The van der Waals surface area contributed by atoms with E-state index in [1.54, 1.807) is 25.3 Å². The number of amides is 4. The van der Waals surface area contributed by atoms with Crippen LogP contribution in [0, 0.1) is 11.8 Å². The summed E-state index contributed by atoms with van der Waals surface area (Å²) in [5.74, 6) is 5.62. The molecule has 0 aliphatic carbocycles. The summed E-state index contributed by atoms with van der Waals surface area (Å²) in [5, 5.41) is 4.84. The zero-order chi connectivity index (χ0) is 22.0. The van der Waals surface area contributed by atoms with Crippen molar-refractivity contribution in [3.63, 3.8) is 0 Å². The number of nitrogens with zero attached hydrogens (tertiary/aromatic N) is 1. The quantitative estimate of drug-likeness (QED) is 0.565. The van der Waals surface area contributed by atoms with Crippen LogP contribution in [0.1, 0.15) is 27.0 Å². The molecule has 1 saturated heterocycles. The van der Waals surface area contributed by atoms with Gasteiger partial charge in [0.25, 0.3) is 11.8 Å². The Kier molecular flexibility index (Phi) is 5.36. The van der Waals surface area contributed by atoms with Crippen LogP contribution in [0.15, 0.2) is 42.5 Å². The molecular weight excluding hydrogens is 398 g/mol. The fraction of sp³-hybridized carbons (Fsp3) is 0.261. The van der Waals surface area contributed by atoms with E-state index in [4.69, 9.17) is 9.47 Å². The smallest absolute Gasteiger partial charge is 0.323 e. The Bertz CT molecular complexity index is 1130. The number of carbonyl (C=O) groups excluding carboxylic acids is 3. The topological polar surface area (TPSA) is 97.0 Å². The lowest BCUT2D eigenvalue weighted by Crippen LogP contribution is -2.54. The van der Waals surface area contributed by atoms with E-state index in [0.29, 0.717) is 30.0 Å². The molecule has 4 amide bonds. The van der Waals surface area contributed by atoms with Crippen molar-refractivity contribution in [2.24, 2.45) is 0 Å². The van der Waals surface area contributed by atoms with Crippen molar-refractivity contribution < 1.29 is 23.9 Å². The Morgan fingerprint density at radius 2 is 1.97 bits per heavy atom. The van der Waals surface area contributed by atoms with Crippen molar-refractivity contribution in [1.82, 2.24) is 15.5 Å². The average Bonchev–Trinajstić information content (AvgIpc) is 3.22. The number of ether oxygens (including phenoxy) is 2. The van der Waals surface area contributed by atoms with Crippen LogP contribution in [0.5, 0.6) is 5.75 Å². The maximum absolute atomic E-state index is 12.9. The molecule has 2 aliphatic heterocycles. The number of urea groups is 1. The van der Waals surface area contributed by atoms with E-state index >= 15 is 0 Å². The summed E-state index contributed by atoms with van der Waals surface area (Å²) in [6, 6.07) is 12.0. The molecule has 1 fully saturated rings. The minimum atomic E-state index is -1.55. The van der Waals surface area contributed by atoms with Gasteiger partial charge in [-0.25, -0.2) is 4.79 Å². The van der Waals surface area contributed by atoms with Gasteiger partial charge in [0, 0.05) is 24.8 Å². The Balaban J connectivity index is 1.63. The van der Waals surface area contributed by atoms with E-state index in [1.807, 2.05) is 24.3 Å². The van der Waals surface area contributed by atoms with Gasteiger partial charge in [0.05, 0.1) is 20.3 Å². The molecule has 2 N–H and O–H groups in total. The van der Waals surface area contributed by atoms with Crippen LogP contribution in [0.2, 0.25) is 0 Å². The number of fused-ring (bicyclic) bond motifs is 1. The van der Waals surface area contributed by atoms with Crippen molar-refractivity contribution in [2.45, 2.75) is 18.7 Å². The Labute approximate surface area is 179 Å². The molecule has 2 aromatic carbocycles. The normalized spacial score (nSPS) is 19.4. The largest absolute Gasteiger partial charge is 0.497 e. The number of benzene rings is 2. The standard InChI is InChI=1S/C23H21N3O5/c1-30-13-16-5-3-4-15(10-16)8-9-23(21(28)24-22(29)25-23)14-26-12-17-6-7-18(31-2)11-19(17)20(26)27/h3-7,10-11H,12-14H2,1-2H3,(H2,24,25,28,29)/t23-/m1/s1. The van der Waals surface area contributed by atoms with Crippen molar-refractivity contribution in [3.05, 3.63) is 64.7 Å². The van der Waals surface area contributed by atoms with E-state index in [9.17, 15) is 14.4 Å². The van der Waals surface area contributed by atoms with Crippen LogP contribution in [0.4, 0.5) is 4.79 Å². The Morgan fingerprint density at radius 3 is 2.68 bits per heavy atom. The summed E-state index contributed by atoms with van der Waals surface area (Å²) in [6.07, 6.45) is 0. The molecule has 0 aromatic heterocycles. The zero-order valence-electron chi connectivity index (χ0n) is 17.2. The zero-order valence-corrected chi connectivity index (χ0v) is 17.2. The molecule has 0 spiro atoms. The molecule has 4 rings (SSSR count). The summed E-state index contributed by atoms with van der Waals surface area (Å²) in [6.45, 7) is 0.668. The number of methoxy groups -OCH3 is 2. The second kappa shape index (κ2) is 8.13. The minimum absolute atomic E-state index is 0.0782. The van der Waals surface area contributed by atoms with E-state index in [0.717, 1.165) is 11.1 Å². The fourth-order valence-electron chi connectivity index (χ4n) is 3.70. The number of rotatable bonds is 5. The van der Waals surface area contributed by atoms with Gasteiger partial charge >= 0.3 is 6.03 Å². The van der Waals surface area contributed by atoms with Gasteiger partial charge in [-0.05, 0) is 35.4 Å². The summed E-state index contributed by atoms with van der Waals surface area (Å²) < 4.78 is 10.3. The number of nitrogens with one attached hydrogen (secondary N) is 2. The van der Waals surface area contributed by atoms with Crippen molar-refractivity contribution in [3.8, 4) is 17.6 Å². The van der Waals surface area contributed by atoms with E-state index < -0.39 is 17.5 Å². The predicted molar refractivity (Wildman–Crippen MR) is 111 cm³/mol. The van der Waals surface area contributed by atoms with Crippen molar-refractivity contribution in [2.75, 3.05) is 20.8 Å². The van der Waals surface area contributed by atoms with E-state index in [-0.39, 0.29) is 12.5 Å². The molecule has 2 aliphatic rings. The molecule has 158 valence electrons. The van der Waals surface area contributed by atoms with Crippen LogP contribution in [0.25, 0.3) is 0 Å². The van der Waals surface area contributed by atoms with Gasteiger partial charge in [-0.3, -0.25) is 14.9 Å². The molecular formula is C23H21N3O5. The highest BCUT2D eigenvalue weighted by atomic mass is 16.5. The van der Waals surface area contributed by atoms with Gasteiger partial charge in [0.15, 0.2) is 0 Å². The lowest BCUT2D eigenvalue weighted by Gasteiger charge is -2.26. The summed E-state index contributed by atoms with van der Waals surface area (Å²) >= 11 is 0. The predicted octanol–water partition coefficient (Wildman–Crippen LogP) is 1.43. The third-order valence-corrected chi connectivity index (χ3v) is 5.22. The maximum Gasteiger partial charge on any atom is 0.323 e. The van der Waals surface area contributed by atoms with Crippen LogP contribution in [-0.2, 0) is 22.7 Å². The number of imide groups is 1. The van der Waals surface area contributed by atoms with Crippen LogP contribution in [-0.4, -0.2) is 49.0 Å². The molecule has 2 heterocycles. The first-order valence-corrected chi connectivity index (χ1v) is 9.65. The van der Waals surface area contributed by atoms with Crippen LogP contribution in [0.3, 0.4) is 0 Å². The number of carbonyl (C=O) groups is 3. The van der Waals surface area contributed by atoms with Crippen LogP contribution < -0.4 is 15.4 Å². The lowest BCUT2D eigenvalue weighted by atomic mass is 9.99. The molecule has 0 saturated carbocycles. The first kappa shape index (κ1) is 20.4. The first-order valence-electron chi connectivity index (χ1n) is 9.65. The average molecular weight is 419 g/mol. The van der Waals surface area contributed by atoms with E-state index in [1.165, 1.54) is 12.0 Å². The van der Waals surface area contributed by atoms with Gasteiger partial charge in [-0.15, -0.1) is 0 Å². The lowest BCUT2D eigenvalue weighted by molar-refractivity contribution is -0.122. The molecule has 0 radical (unpaired) electrons. The number of hydrogen-bond donors (Lipinski definition) is 2. The third-order valence-electron chi connectivity index (χ3n) is 5.22. The van der Waals surface area contributed by atoms with Gasteiger partial charge in [0.2, 0.25) is 5.54 Å². The molecule has 8 nitrogen and oxygen atoms in total. The summed E-state index contributed by atoms with van der Waals surface area (Å²) in [5.41, 5.74) is 1.40. The van der Waals surface area contributed by atoms with E-state index in [2.05, 4.69) is 22.5 Å². The molecule has 0 unspecified atom stereocenters. The van der Waals surface area contributed by atoms with Crippen molar-refractivity contribution >= 4 is 17.8 Å². The Morgan fingerprint density at radius 1 is 1.13 bits per heavy atom. The highest BCUT2D eigenvalue weighted by Crippen LogP contribution is 2.28. The first-order chi connectivity index (χ1) is 14.9. The van der Waals surface area contributed by atoms with Gasteiger partial charge in [-0.2, -0.15) is 0 Å². The van der Waals surface area contributed by atoms with Gasteiger partial charge in [-0.1, -0.05) is 30.0 Å².